The number of rotatable bonds is 3. The Hall–Kier alpha value is -2.40. The number of para-hydroxylation sites is 2. The normalized spacial score (nSPS) is 21.6. The third-order valence-corrected chi connectivity index (χ3v) is 3.85. The van der Waals surface area contributed by atoms with Crippen LogP contribution in [0.2, 0.25) is 0 Å². The van der Waals surface area contributed by atoms with Gasteiger partial charge in [-0.25, -0.2) is 0 Å². The van der Waals surface area contributed by atoms with Crippen LogP contribution in [0, 0.1) is 10.1 Å². The van der Waals surface area contributed by atoms with E-state index in [0.29, 0.717) is 18.8 Å². The lowest BCUT2D eigenvalue weighted by atomic mass is 10.1. The Kier molecular flexibility index (Phi) is 4.06. The highest BCUT2D eigenvalue weighted by atomic mass is 16.6. The summed E-state index contributed by atoms with van der Waals surface area (Å²) in [6.07, 6.45) is -0.0662. The van der Waals surface area contributed by atoms with Crippen LogP contribution < -0.4 is 4.90 Å². The number of anilines is 1. The van der Waals surface area contributed by atoms with Gasteiger partial charge in [-0.3, -0.25) is 10.1 Å². The highest BCUT2D eigenvalue weighted by molar-refractivity contribution is 5.63. The first-order chi connectivity index (χ1) is 10.6. The summed E-state index contributed by atoms with van der Waals surface area (Å²) in [6, 6.07) is 16.9. The Balaban J connectivity index is 1.90. The lowest BCUT2D eigenvalue weighted by molar-refractivity contribution is -0.384. The molecule has 0 spiro atoms. The Morgan fingerprint density at radius 1 is 1.09 bits per heavy atom. The van der Waals surface area contributed by atoms with E-state index in [0.717, 1.165) is 5.56 Å². The van der Waals surface area contributed by atoms with E-state index in [-0.39, 0.29) is 22.8 Å². The van der Waals surface area contributed by atoms with Gasteiger partial charge in [-0.05, 0) is 18.6 Å². The molecule has 0 N–H and O–H groups in total. The fourth-order valence-corrected chi connectivity index (χ4v) is 2.89. The minimum absolute atomic E-state index is 0.0127. The highest BCUT2D eigenvalue weighted by Crippen LogP contribution is 2.33. The first-order valence-corrected chi connectivity index (χ1v) is 7.34. The largest absolute Gasteiger partial charge is 0.367 e. The monoisotopic (exact) mass is 298 g/mol. The van der Waals surface area contributed by atoms with E-state index >= 15 is 0 Å². The molecule has 2 unspecified atom stereocenters. The SMILES string of the molecule is CC1CN(c2ccccc2[N+](=O)[O-])CC(c2ccccc2)O1. The first-order valence-electron chi connectivity index (χ1n) is 7.34. The van der Waals surface area contributed by atoms with Crippen LogP contribution >= 0.6 is 0 Å². The Bertz CT molecular complexity index is 660. The molecule has 5 heteroatoms. The molecular formula is C17H18N2O3. The van der Waals surface area contributed by atoms with Gasteiger partial charge in [0.05, 0.1) is 11.0 Å². The molecule has 0 bridgehead atoms. The van der Waals surface area contributed by atoms with E-state index in [1.165, 1.54) is 0 Å². The number of morpholine rings is 1. The van der Waals surface area contributed by atoms with Gasteiger partial charge >= 0.3 is 0 Å². The van der Waals surface area contributed by atoms with Crippen molar-refractivity contribution in [3.63, 3.8) is 0 Å². The molecule has 1 aliphatic heterocycles. The van der Waals surface area contributed by atoms with Crippen LogP contribution in [0.15, 0.2) is 54.6 Å². The summed E-state index contributed by atoms with van der Waals surface area (Å²) in [5.41, 5.74) is 1.89. The molecule has 114 valence electrons. The van der Waals surface area contributed by atoms with Crippen molar-refractivity contribution in [3.8, 4) is 0 Å². The number of nitro benzene ring substituents is 1. The van der Waals surface area contributed by atoms with Gasteiger partial charge in [-0.1, -0.05) is 42.5 Å². The second-order valence-corrected chi connectivity index (χ2v) is 5.50. The molecule has 0 amide bonds. The summed E-state index contributed by atoms with van der Waals surface area (Å²) in [5.74, 6) is 0. The Morgan fingerprint density at radius 2 is 1.77 bits per heavy atom. The predicted octanol–water partition coefficient (Wildman–Crippen LogP) is 3.56. The highest BCUT2D eigenvalue weighted by Gasteiger charge is 2.29. The predicted molar refractivity (Wildman–Crippen MR) is 85.0 cm³/mol. The van der Waals surface area contributed by atoms with E-state index in [4.69, 9.17) is 4.74 Å². The zero-order valence-electron chi connectivity index (χ0n) is 12.4. The van der Waals surface area contributed by atoms with E-state index in [2.05, 4.69) is 0 Å². The molecule has 22 heavy (non-hydrogen) atoms. The van der Waals surface area contributed by atoms with Gasteiger partial charge in [0, 0.05) is 19.2 Å². The molecule has 0 saturated carbocycles. The summed E-state index contributed by atoms with van der Waals surface area (Å²) in [6.45, 7) is 3.25. The minimum Gasteiger partial charge on any atom is -0.367 e. The number of hydrogen-bond donors (Lipinski definition) is 0. The Morgan fingerprint density at radius 3 is 2.50 bits per heavy atom. The maximum Gasteiger partial charge on any atom is 0.292 e. The fraction of sp³-hybridized carbons (Fsp3) is 0.294. The maximum atomic E-state index is 11.2. The summed E-state index contributed by atoms with van der Waals surface area (Å²) < 4.78 is 6.01. The summed E-state index contributed by atoms with van der Waals surface area (Å²) >= 11 is 0. The van der Waals surface area contributed by atoms with Gasteiger partial charge < -0.3 is 9.64 Å². The molecular weight excluding hydrogens is 280 g/mol. The van der Waals surface area contributed by atoms with Crippen LogP contribution in [-0.2, 0) is 4.74 Å². The zero-order valence-corrected chi connectivity index (χ0v) is 12.4. The van der Waals surface area contributed by atoms with Gasteiger partial charge in [0.1, 0.15) is 11.8 Å². The van der Waals surface area contributed by atoms with Crippen LogP contribution in [0.5, 0.6) is 0 Å². The molecule has 2 aromatic rings. The topological polar surface area (TPSA) is 55.6 Å². The lowest BCUT2D eigenvalue weighted by Crippen LogP contribution is -2.43. The second kappa shape index (κ2) is 6.15. The number of benzene rings is 2. The van der Waals surface area contributed by atoms with Crippen LogP contribution in [0.1, 0.15) is 18.6 Å². The summed E-state index contributed by atoms with van der Waals surface area (Å²) in [7, 11) is 0. The molecule has 0 aliphatic carbocycles. The van der Waals surface area contributed by atoms with Crippen molar-refractivity contribution >= 4 is 11.4 Å². The van der Waals surface area contributed by atoms with Crippen molar-refractivity contribution in [1.29, 1.82) is 0 Å². The van der Waals surface area contributed by atoms with Crippen LogP contribution in [-0.4, -0.2) is 24.1 Å². The minimum atomic E-state index is -0.326. The molecule has 1 saturated heterocycles. The fourth-order valence-electron chi connectivity index (χ4n) is 2.89. The Labute approximate surface area is 129 Å². The van der Waals surface area contributed by atoms with Crippen molar-refractivity contribution in [2.45, 2.75) is 19.1 Å². The van der Waals surface area contributed by atoms with Gasteiger partial charge in [0.15, 0.2) is 0 Å². The third-order valence-electron chi connectivity index (χ3n) is 3.85. The number of hydrogen-bond acceptors (Lipinski definition) is 4. The van der Waals surface area contributed by atoms with Crippen molar-refractivity contribution < 1.29 is 9.66 Å². The first kappa shape index (κ1) is 14.5. The smallest absolute Gasteiger partial charge is 0.292 e. The van der Waals surface area contributed by atoms with Crippen LogP contribution in [0.4, 0.5) is 11.4 Å². The molecule has 0 radical (unpaired) electrons. The van der Waals surface area contributed by atoms with Crippen molar-refractivity contribution in [1.82, 2.24) is 0 Å². The van der Waals surface area contributed by atoms with Crippen molar-refractivity contribution in [2.75, 3.05) is 18.0 Å². The van der Waals surface area contributed by atoms with E-state index < -0.39 is 0 Å². The lowest BCUT2D eigenvalue weighted by Gasteiger charge is -2.38. The standard InChI is InChI=1S/C17H18N2O3/c1-13-11-18(15-9-5-6-10-16(15)19(20)21)12-17(22-13)14-7-3-2-4-8-14/h2-10,13,17H,11-12H2,1H3. The summed E-state index contributed by atoms with van der Waals surface area (Å²) in [4.78, 5) is 13.0. The van der Waals surface area contributed by atoms with Gasteiger partial charge in [0.2, 0.25) is 0 Å². The van der Waals surface area contributed by atoms with Gasteiger partial charge in [-0.15, -0.1) is 0 Å². The average molecular weight is 298 g/mol. The number of nitro groups is 1. The zero-order chi connectivity index (χ0) is 15.5. The van der Waals surface area contributed by atoms with E-state index in [1.54, 1.807) is 18.2 Å². The molecule has 2 aromatic carbocycles. The second-order valence-electron chi connectivity index (χ2n) is 5.50. The van der Waals surface area contributed by atoms with Crippen molar-refractivity contribution in [3.05, 3.63) is 70.3 Å². The quantitative estimate of drug-likeness (QED) is 0.642. The number of ether oxygens (including phenoxy) is 1. The third kappa shape index (κ3) is 2.94. The molecule has 0 aromatic heterocycles. The molecule has 1 aliphatic rings. The van der Waals surface area contributed by atoms with Gasteiger partial charge in [-0.2, -0.15) is 0 Å². The van der Waals surface area contributed by atoms with Crippen LogP contribution in [0.25, 0.3) is 0 Å². The van der Waals surface area contributed by atoms with E-state index in [1.807, 2.05) is 48.2 Å². The molecule has 5 nitrogen and oxygen atoms in total. The molecule has 3 rings (SSSR count). The van der Waals surface area contributed by atoms with Gasteiger partial charge in [0.25, 0.3) is 5.69 Å². The van der Waals surface area contributed by atoms with E-state index in [9.17, 15) is 10.1 Å². The molecule has 1 heterocycles. The maximum absolute atomic E-state index is 11.2. The summed E-state index contributed by atoms with van der Waals surface area (Å²) in [5, 5.41) is 11.2. The molecule has 2 atom stereocenters. The molecule has 1 fully saturated rings. The van der Waals surface area contributed by atoms with Crippen LogP contribution in [0.3, 0.4) is 0 Å². The average Bonchev–Trinajstić information content (AvgIpc) is 2.55. The van der Waals surface area contributed by atoms with Crippen molar-refractivity contribution in [2.24, 2.45) is 0 Å². The number of nitrogens with zero attached hydrogens (tertiary/aromatic N) is 2.